The summed E-state index contributed by atoms with van der Waals surface area (Å²) < 4.78 is 0. The van der Waals surface area contributed by atoms with Gasteiger partial charge in [-0.25, -0.2) is 0 Å². The normalized spacial score (nSPS) is 23.8. The summed E-state index contributed by atoms with van der Waals surface area (Å²) in [5.41, 5.74) is 2.76. The van der Waals surface area contributed by atoms with Gasteiger partial charge in [-0.2, -0.15) is 0 Å². The first-order valence-corrected chi connectivity index (χ1v) is 6.79. The van der Waals surface area contributed by atoms with Crippen LogP contribution in [0.4, 0.5) is 0 Å². The van der Waals surface area contributed by atoms with E-state index in [1.54, 1.807) is 12.1 Å². The van der Waals surface area contributed by atoms with E-state index in [0.717, 1.165) is 24.9 Å². The molecule has 0 amide bonds. The van der Waals surface area contributed by atoms with Crippen molar-refractivity contribution in [2.24, 2.45) is 11.8 Å². The molecule has 1 aromatic rings. The molecular formula is C16H23NO. The summed E-state index contributed by atoms with van der Waals surface area (Å²) in [5.74, 6) is 1.82. The fraction of sp³-hybridized carbons (Fsp3) is 0.500. The molecule has 2 nitrogen and oxygen atoms in total. The van der Waals surface area contributed by atoms with Crippen molar-refractivity contribution in [2.75, 3.05) is 6.54 Å². The van der Waals surface area contributed by atoms with Gasteiger partial charge in [-0.1, -0.05) is 30.7 Å². The lowest BCUT2D eigenvalue weighted by atomic mass is 9.84. The largest absolute Gasteiger partial charge is 0.508 e. The van der Waals surface area contributed by atoms with Gasteiger partial charge < -0.3 is 10.4 Å². The number of nitrogens with one attached hydrogen (secondary N) is 1. The van der Waals surface area contributed by atoms with E-state index in [1.165, 1.54) is 24.0 Å². The Labute approximate surface area is 110 Å². The van der Waals surface area contributed by atoms with Gasteiger partial charge in [0.2, 0.25) is 0 Å². The second-order valence-corrected chi connectivity index (χ2v) is 5.59. The van der Waals surface area contributed by atoms with Crippen LogP contribution in [0.2, 0.25) is 0 Å². The third-order valence-electron chi connectivity index (χ3n) is 3.58. The average molecular weight is 245 g/mol. The first-order valence-electron chi connectivity index (χ1n) is 6.79. The molecule has 2 atom stereocenters. The molecule has 0 spiro atoms. The van der Waals surface area contributed by atoms with Gasteiger partial charge in [0.25, 0.3) is 0 Å². The molecule has 98 valence electrons. The first kappa shape index (κ1) is 13.2. The first-order chi connectivity index (χ1) is 8.63. The molecule has 2 rings (SSSR count). The number of rotatable bonds is 4. The van der Waals surface area contributed by atoms with E-state index >= 15 is 0 Å². The monoisotopic (exact) mass is 245 g/mol. The Kier molecular flexibility index (Phi) is 4.43. The predicted octanol–water partition coefficient (Wildman–Crippen LogP) is 3.47. The van der Waals surface area contributed by atoms with Gasteiger partial charge in [-0.15, -0.1) is 0 Å². The van der Waals surface area contributed by atoms with E-state index in [4.69, 9.17) is 0 Å². The maximum absolute atomic E-state index is 9.22. The summed E-state index contributed by atoms with van der Waals surface area (Å²) in [6, 6.07) is 7.42. The molecule has 18 heavy (non-hydrogen) atoms. The van der Waals surface area contributed by atoms with E-state index in [-0.39, 0.29) is 0 Å². The smallest absolute Gasteiger partial charge is 0.115 e. The van der Waals surface area contributed by atoms with Crippen molar-refractivity contribution in [3.63, 3.8) is 0 Å². The lowest BCUT2D eigenvalue weighted by Crippen LogP contribution is -2.25. The zero-order valence-electron chi connectivity index (χ0n) is 11.3. The van der Waals surface area contributed by atoms with Crippen LogP contribution in [0, 0.1) is 11.8 Å². The summed E-state index contributed by atoms with van der Waals surface area (Å²) in [4.78, 5) is 0. The van der Waals surface area contributed by atoms with E-state index in [2.05, 4.69) is 25.2 Å². The van der Waals surface area contributed by atoms with Gasteiger partial charge >= 0.3 is 0 Å². The Balaban J connectivity index is 1.76. The van der Waals surface area contributed by atoms with Gasteiger partial charge in [-0.05, 0) is 55.8 Å². The molecule has 1 aliphatic rings. The molecule has 0 aliphatic heterocycles. The maximum atomic E-state index is 9.22. The lowest BCUT2D eigenvalue weighted by Gasteiger charge is -2.25. The number of benzene rings is 1. The van der Waals surface area contributed by atoms with Gasteiger partial charge in [0, 0.05) is 6.54 Å². The fourth-order valence-corrected chi connectivity index (χ4v) is 2.88. The van der Waals surface area contributed by atoms with Crippen LogP contribution in [0.3, 0.4) is 0 Å². The SMILES string of the molecule is CC1=CC(C)CC(CNCc2ccc(O)cc2)C1. The van der Waals surface area contributed by atoms with Gasteiger partial charge in [0.05, 0.1) is 0 Å². The Morgan fingerprint density at radius 2 is 2.00 bits per heavy atom. The second kappa shape index (κ2) is 6.05. The molecule has 1 aliphatic carbocycles. The van der Waals surface area contributed by atoms with Crippen LogP contribution >= 0.6 is 0 Å². The van der Waals surface area contributed by atoms with Crippen LogP contribution in [0.5, 0.6) is 5.75 Å². The molecule has 2 N–H and O–H groups in total. The predicted molar refractivity (Wildman–Crippen MR) is 75.5 cm³/mol. The molecule has 0 saturated heterocycles. The van der Waals surface area contributed by atoms with E-state index < -0.39 is 0 Å². The summed E-state index contributed by atoms with van der Waals surface area (Å²) in [5, 5.41) is 12.7. The van der Waals surface area contributed by atoms with Crippen molar-refractivity contribution in [2.45, 2.75) is 33.2 Å². The Morgan fingerprint density at radius 3 is 2.67 bits per heavy atom. The summed E-state index contributed by atoms with van der Waals surface area (Å²) in [7, 11) is 0. The second-order valence-electron chi connectivity index (χ2n) is 5.59. The Bertz CT molecular complexity index is 408. The van der Waals surface area contributed by atoms with Crippen molar-refractivity contribution in [3.05, 3.63) is 41.5 Å². The molecule has 0 aromatic heterocycles. The number of phenolic OH excluding ortho intramolecular Hbond substituents is 1. The molecule has 2 heteroatoms. The fourth-order valence-electron chi connectivity index (χ4n) is 2.88. The van der Waals surface area contributed by atoms with Crippen molar-refractivity contribution in [3.8, 4) is 5.75 Å². The van der Waals surface area contributed by atoms with Crippen LogP contribution < -0.4 is 5.32 Å². The summed E-state index contributed by atoms with van der Waals surface area (Å²) >= 11 is 0. The average Bonchev–Trinajstić information content (AvgIpc) is 2.30. The third kappa shape index (κ3) is 3.88. The van der Waals surface area contributed by atoms with Crippen LogP contribution in [-0.2, 0) is 6.54 Å². The topological polar surface area (TPSA) is 32.3 Å². The van der Waals surface area contributed by atoms with Crippen molar-refractivity contribution < 1.29 is 5.11 Å². The molecule has 1 aromatic carbocycles. The van der Waals surface area contributed by atoms with E-state index in [0.29, 0.717) is 5.75 Å². The Morgan fingerprint density at radius 1 is 1.28 bits per heavy atom. The standard InChI is InChI=1S/C16H23NO/c1-12-7-13(2)9-15(8-12)11-17-10-14-3-5-16(18)6-4-14/h3-7,12,15,17-18H,8-11H2,1-2H3. The number of phenols is 1. The van der Waals surface area contributed by atoms with E-state index in [1.807, 2.05) is 12.1 Å². The maximum Gasteiger partial charge on any atom is 0.115 e. The zero-order chi connectivity index (χ0) is 13.0. The van der Waals surface area contributed by atoms with Crippen molar-refractivity contribution in [1.82, 2.24) is 5.32 Å². The van der Waals surface area contributed by atoms with Crippen LogP contribution in [0.1, 0.15) is 32.3 Å². The number of allylic oxidation sites excluding steroid dienone is 2. The van der Waals surface area contributed by atoms with Crippen LogP contribution in [0.15, 0.2) is 35.9 Å². The molecule has 0 saturated carbocycles. The van der Waals surface area contributed by atoms with E-state index in [9.17, 15) is 5.11 Å². The molecular weight excluding hydrogens is 222 g/mol. The molecule has 2 unspecified atom stereocenters. The van der Waals surface area contributed by atoms with Gasteiger partial charge in [0.15, 0.2) is 0 Å². The lowest BCUT2D eigenvalue weighted by molar-refractivity contribution is 0.381. The minimum Gasteiger partial charge on any atom is -0.508 e. The minimum absolute atomic E-state index is 0.334. The highest BCUT2D eigenvalue weighted by Crippen LogP contribution is 2.27. The zero-order valence-corrected chi connectivity index (χ0v) is 11.3. The minimum atomic E-state index is 0.334. The Hall–Kier alpha value is -1.28. The summed E-state index contributed by atoms with van der Waals surface area (Å²) in [6.45, 7) is 6.50. The van der Waals surface area contributed by atoms with Crippen molar-refractivity contribution in [1.29, 1.82) is 0 Å². The van der Waals surface area contributed by atoms with Crippen molar-refractivity contribution >= 4 is 0 Å². The highest BCUT2D eigenvalue weighted by Gasteiger charge is 2.17. The van der Waals surface area contributed by atoms with Crippen LogP contribution in [0.25, 0.3) is 0 Å². The van der Waals surface area contributed by atoms with Crippen LogP contribution in [-0.4, -0.2) is 11.7 Å². The number of aromatic hydroxyl groups is 1. The molecule has 0 bridgehead atoms. The van der Waals surface area contributed by atoms with Gasteiger partial charge in [0.1, 0.15) is 5.75 Å². The number of hydrogen-bond acceptors (Lipinski definition) is 2. The van der Waals surface area contributed by atoms with Gasteiger partial charge in [-0.3, -0.25) is 0 Å². The summed E-state index contributed by atoms with van der Waals surface area (Å²) in [6.07, 6.45) is 4.92. The quantitative estimate of drug-likeness (QED) is 0.796. The highest BCUT2D eigenvalue weighted by atomic mass is 16.3. The number of hydrogen-bond donors (Lipinski definition) is 2. The highest BCUT2D eigenvalue weighted by molar-refractivity contribution is 5.25. The molecule has 0 radical (unpaired) electrons. The molecule has 0 heterocycles. The third-order valence-corrected chi connectivity index (χ3v) is 3.58. The molecule has 0 fully saturated rings.